The number of aromatic nitrogens is 4. The summed E-state index contributed by atoms with van der Waals surface area (Å²) in [5, 5.41) is 5.34. The summed E-state index contributed by atoms with van der Waals surface area (Å²) in [4.78, 5) is 4.66. The molecule has 0 amide bonds. The molecule has 19 heavy (non-hydrogen) atoms. The van der Waals surface area contributed by atoms with Gasteiger partial charge in [0.2, 0.25) is 0 Å². The van der Waals surface area contributed by atoms with Crippen LogP contribution in [-0.4, -0.2) is 19.2 Å². The van der Waals surface area contributed by atoms with Crippen LogP contribution in [0.25, 0.3) is 11.5 Å². The summed E-state index contributed by atoms with van der Waals surface area (Å²) in [5.74, 6) is 1.31. The van der Waals surface area contributed by atoms with Gasteiger partial charge < -0.3 is 4.40 Å². The molecule has 0 atom stereocenters. The fraction of sp³-hybridized carbons (Fsp3) is 0.286. The molecule has 0 fully saturated rings. The van der Waals surface area contributed by atoms with Gasteiger partial charge in [-0.05, 0) is 24.1 Å². The van der Waals surface area contributed by atoms with Gasteiger partial charge >= 0.3 is 0 Å². The number of pyridine rings is 1. The van der Waals surface area contributed by atoms with E-state index in [0.29, 0.717) is 5.92 Å². The Labute approximate surface area is 120 Å². The van der Waals surface area contributed by atoms with E-state index in [4.69, 9.17) is 0 Å². The Kier molecular flexibility index (Phi) is 3.14. The maximum absolute atomic E-state index is 4.66. The second-order valence-corrected chi connectivity index (χ2v) is 5.35. The van der Waals surface area contributed by atoms with E-state index in [1.54, 1.807) is 0 Å². The quantitative estimate of drug-likeness (QED) is 0.692. The van der Waals surface area contributed by atoms with Crippen LogP contribution in [-0.2, 0) is 5.33 Å². The maximum Gasteiger partial charge on any atom is 0.176 e. The van der Waals surface area contributed by atoms with Gasteiger partial charge in [0, 0.05) is 17.7 Å². The average Bonchev–Trinajstić information content (AvgIpc) is 3.02. The van der Waals surface area contributed by atoms with E-state index in [-0.39, 0.29) is 0 Å². The van der Waals surface area contributed by atoms with Crippen molar-refractivity contribution in [1.82, 2.24) is 19.2 Å². The Bertz CT molecular complexity index is 711. The first-order chi connectivity index (χ1) is 9.20. The van der Waals surface area contributed by atoms with Gasteiger partial charge in [-0.2, -0.15) is 5.10 Å². The molecular formula is C14H15BrN4. The van der Waals surface area contributed by atoms with E-state index in [9.17, 15) is 0 Å². The largest absolute Gasteiger partial charge is 0.301 e. The minimum absolute atomic E-state index is 0.422. The highest BCUT2D eigenvalue weighted by atomic mass is 79.9. The van der Waals surface area contributed by atoms with Crippen LogP contribution in [0.4, 0.5) is 0 Å². The smallest absolute Gasteiger partial charge is 0.176 e. The van der Waals surface area contributed by atoms with Gasteiger partial charge in [0.05, 0.1) is 11.4 Å². The van der Waals surface area contributed by atoms with Gasteiger partial charge in [-0.3, -0.25) is 0 Å². The lowest BCUT2D eigenvalue weighted by molar-refractivity contribution is 0.757. The van der Waals surface area contributed by atoms with E-state index in [0.717, 1.165) is 28.2 Å². The molecule has 0 aliphatic heterocycles. The van der Waals surface area contributed by atoms with Gasteiger partial charge in [0.25, 0.3) is 0 Å². The zero-order valence-electron chi connectivity index (χ0n) is 10.9. The Morgan fingerprint density at radius 3 is 2.74 bits per heavy atom. The Morgan fingerprint density at radius 2 is 2.05 bits per heavy atom. The SMILES string of the molecule is CC(C)c1ccn(-c2nc3ccccn3c2CBr)n1. The molecule has 0 saturated carbocycles. The summed E-state index contributed by atoms with van der Waals surface area (Å²) in [6.07, 6.45) is 4.00. The third kappa shape index (κ3) is 2.08. The van der Waals surface area contributed by atoms with Crippen LogP contribution in [0.2, 0.25) is 0 Å². The van der Waals surface area contributed by atoms with Gasteiger partial charge in [0.1, 0.15) is 5.65 Å². The van der Waals surface area contributed by atoms with Crippen LogP contribution in [0.3, 0.4) is 0 Å². The first-order valence-electron chi connectivity index (χ1n) is 6.28. The van der Waals surface area contributed by atoms with Crippen molar-refractivity contribution in [2.75, 3.05) is 0 Å². The number of imidazole rings is 1. The second kappa shape index (κ2) is 4.81. The van der Waals surface area contributed by atoms with E-state index in [1.807, 2.05) is 41.3 Å². The molecule has 0 aliphatic rings. The van der Waals surface area contributed by atoms with E-state index >= 15 is 0 Å². The van der Waals surface area contributed by atoms with E-state index in [1.165, 1.54) is 0 Å². The minimum atomic E-state index is 0.422. The summed E-state index contributed by atoms with van der Waals surface area (Å²) in [6.45, 7) is 4.28. The molecule has 0 aliphatic carbocycles. The van der Waals surface area contributed by atoms with Crippen LogP contribution in [0.15, 0.2) is 36.7 Å². The van der Waals surface area contributed by atoms with E-state index in [2.05, 4.69) is 44.3 Å². The number of hydrogen-bond donors (Lipinski definition) is 0. The van der Waals surface area contributed by atoms with Crippen molar-refractivity contribution in [2.45, 2.75) is 25.1 Å². The number of nitrogens with zero attached hydrogens (tertiary/aromatic N) is 4. The first kappa shape index (κ1) is 12.4. The number of fused-ring (bicyclic) bond motifs is 1. The van der Waals surface area contributed by atoms with Crippen molar-refractivity contribution in [3.8, 4) is 5.82 Å². The highest BCUT2D eigenvalue weighted by molar-refractivity contribution is 9.08. The van der Waals surface area contributed by atoms with Gasteiger partial charge in [0.15, 0.2) is 5.82 Å². The molecule has 0 unspecified atom stereocenters. The predicted molar refractivity (Wildman–Crippen MR) is 79.0 cm³/mol. The van der Waals surface area contributed by atoms with Gasteiger partial charge in [-0.25, -0.2) is 9.67 Å². The molecule has 3 rings (SSSR count). The number of rotatable bonds is 3. The molecule has 0 aromatic carbocycles. The van der Waals surface area contributed by atoms with Crippen molar-refractivity contribution in [1.29, 1.82) is 0 Å². The monoisotopic (exact) mass is 318 g/mol. The number of alkyl halides is 1. The lowest BCUT2D eigenvalue weighted by Crippen LogP contribution is -2.01. The van der Waals surface area contributed by atoms with Crippen molar-refractivity contribution in [3.63, 3.8) is 0 Å². The fourth-order valence-electron chi connectivity index (χ4n) is 2.11. The van der Waals surface area contributed by atoms with Gasteiger partial charge in [-0.1, -0.05) is 35.8 Å². The molecule has 3 aromatic rings. The third-order valence-corrected chi connectivity index (χ3v) is 3.68. The fourth-order valence-corrected chi connectivity index (χ4v) is 2.63. The first-order valence-corrected chi connectivity index (χ1v) is 7.40. The van der Waals surface area contributed by atoms with Crippen LogP contribution in [0.1, 0.15) is 31.2 Å². The van der Waals surface area contributed by atoms with Gasteiger partial charge in [-0.15, -0.1) is 0 Å². The summed E-state index contributed by atoms with van der Waals surface area (Å²) in [6, 6.07) is 8.05. The molecule has 0 saturated heterocycles. The van der Waals surface area contributed by atoms with Crippen molar-refractivity contribution in [3.05, 3.63) is 48.0 Å². The average molecular weight is 319 g/mol. The maximum atomic E-state index is 4.66. The molecular weight excluding hydrogens is 304 g/mol. The molecule has 0 spiro atoms. The van der Waals surface area contributed by atoms with Crippen LogP contribution >= 0.6 is 15.9 Å². The summed E-state index contributed by atoms with van der Waals surface area (Å²) in [5.41, 5.74) is 3.13. The van der Waals surface area contributed by atoms with Crippen molar-refractivity contribution >= 4 is 21.6 Å². The van der Waals surface area contributed by atoms with Crippen LogP contribution in [0.5, 0.6) is 0 Å². The second-order valence-electron chi connectivity index (χ2n) is 4.78. The highest BCUT2D eigenvalue weighted by Gasteiger charge is 2.14. The lowest BCUT2D eigenvalue weighted by atomic mass is 10.1. The molecule has 4 nitrogen and oxygen atoms in total. The Hall–Kier alpha value is -1.62. The molecule has 3 aromatic heterocycles. The normalized spacial score (nSPS) is 11.6. The molecule has 3 heterocycles. The topological polar surface area (TPSA) is 35.1 Å². The van der Waals surface area contributed by atoms with Crippen LogP contribution < -0.4 is 0 Å². The summed E-state index contributed by atoms with van der Waals surface area (Å²) < 4.78 is 3.94. The Morgan fingerprint density at radius 1 is 1.21 bits per heavy atom. The lowest BCUT2D eigenvalue weighted by Gasteiger charge is -2.02. The standard InChI is InChI=1S/C14H15BrN4/c1-10(2)11-6-8-19(17-11)14-12(9-15)18-7-4-3-5-13(18)16-14/h3-8,10H,9H2,1-2H3. The van der Waals surface area contributed by atoms with Crippen molar-refractivity contribution in [2.24, 2.45) is 0 Å². The molecule has 98 valence electrons. The zero-order chi connectivity index (χ0) is 13.4. The summed E-state index contributed by atoms with van der Waals surface area (Å²) >= 11 is 3.54. The summed E-state index contributed by atoms with van der Waals surface area (Å²) in [7, 11) is 0. The van der Waals surface area contributed by atoms with E-state index < -0.39 is 0 Å². The Balaban J connectivity index is 2.18. The minimum Gasteiger partial charge on any atom is -0.301 e. The highest BCUT2D eigenvalue weighted by Crippen LogP contribution is 2.20. The molecule has 0 radical (unpaired) electrons. The molecule has 0 N–H and O–H groups in total. The molecule has 5 heteroatoms. The number of hydrogen-bond acceptors (Lipinski definition) is 2. The van der Waals surface area contributed by atoms with Crippen LogP contribution in [0, 0.1) is 0 Å². The zero-order valence-corrected chi connectivity index (χ0v) is 12.5. The predicted octanol–water partition coefficient (Wildman–Crippen LogP) is 3.54. The number of halogens is 1. The third-order valence-electron chi connectivity index (χ3n) is 3.15. The van der Waals surface area contributed by atoms with Crippen molar-refractivity contribution < 1.29 is 0 Å². The molecule has 0 bridgehead atoms.